The molecule has 1 saturated heterocycles. The summed E-state index contributed by atoms with van der Waals surface area (Å²) in [5.41, 5.74) is 0.176. The molecule has 3 heteroatoms. The van der Waals surface area contributed by atoms with E-state index in [0.717, 1.165) is 23.5 Å². The number of para-hydroxylation sites is 1. The van der Waals surface area contributed by atoms with Crippen LogP contribution in [0.4, 0.5) is 0 Å². The Bertz CT molecular complexity index is 499. The molecule has 1 heterocycles. The van der Waals surface area contributed by atoms with Gasteiger partial charge in [0.1, 0.15) is 5.75 Å². The largest absolute Gasteiger partial charge is 0.456 e. The van der Waals surface area contributed by atoms with Crippen molar-refractivity contribution in [1.82, 2.24) is 0 Å². The van der Waals surface area contributed by atoms with Gasteiger partial charge in [-0.25, -0.2) is 4.89 Å². The minimum Gasteiger partial charge on any atom is -0.456 e. The lowest BCUT2D eigenvalue weighted by atomic mass is 9.47. The summed E-state index contributed by atoms with van der Waals surface area (Å²) in [4.78, 5) is 10.9. The highest BCUT2D eigenvalue weighted by Crippen LogP contribution is 2.65. The molecular weight excluding hydrogens is 264 g/mol. The summed E-state index contributed by atoms with van der Waals surface area (Å²) in [7, 11) is 0. The zero-order valence-electron chi connectivity index (χ0n) is 12.3. The first-order valence-corrected chi connectivity index (χ1v) is 8.32. The highest BCUT2D eigenvalue weighted by molar-refractivity contribution is 5.23. The van der Waals surface area contributed by atoms with E-state index < -0.39 is 5.79 Å². The van der Waals surface area contributed by atoms with Crippen molar-refractivity contribution < 1.29 is 14.5 Å². The standard InChI is InChI=1S/C18H22O3/c1-2-4-16(5-3-1)20-18(12-19-21-18)17-9-13-6-14(10-17)8-15(7-13)11-17/h1-5,13-15H,6-12H2. The van der Waals surface area contributed by atoms with Crippen LogP contribution in [0.15, 0.2) is 30.3 Å². The molecule has 3 nitrogen and oxygen atoms in total. The Balaban J connectivity index is 1.49. The third-order valence-corrected chi connectivity index (χ3v) is 6.31. The van der Waals surface area contributed by atoms with Gasteiger partial charge in [-0.15, -0.1) is 0 Å². The van der Waals surface area contributed by atoms with E-state index in [1.165, 1.54) is 38.5 Å². The maximum atomic E-state index is 6.38. The van der Waals surface area contributed by atoms with E-state index in [1.54, 1.807) is 0 Å². The lowest BCUT2D eigenvalue weighted by Crippen LogP contribution is -2.68. The predicted octanol–water partition coefficient (Wildman–Crippen LogP) is 3.94. The van der Waals surface area contributed by atoms with Gasteiger partial charge in [0.25, 0.3) is 5.79 Å². The number of rotatable bonds is 3. The number of hydrogen-bond donors (Lipinski definition) is 0. The van der Waals surface area contributed by atoms with Crippen LogP contribution in [0.2, 0.25) is 0 Å². The summed E-state index contributed by atoms with van der Waals surface area (Å²) < 4.78 is 6.38. The van der Waals surface area contributed by atoms with Crippen LogP contribution >= 0.6 is 0 Å². The predicted molar refractivity (Wildman–Crippen MR) is 77.4 cm³/mol. The van der Waals surface area contributed by atoms with Gasteiger partial charge >= 0.3 is 0 Å². The van der Waals surface area contributed by atoms with Gasteiger partial charge in [-0.3, -0.25) is 0 Å². The van der Waals surface area contributed by atoms with Crippen LogP contribution in [-0.2, 0) is 9.78 Å². The molecule has 0 aromatic heterocycles. The van der Waals surface area contributed by atoms with Crippen LogP contribution in [0.5, 0.6) is 5.75 Å². The maximum Gasteiger partial charge on any atom is 0.272 e. The van der Waals surface area contributed by atoms with Crippen molar-refractivity contribution in [3.05, 3.63) is 30.3 Å². The molecule has 1 aromatic carbocycles. The molecule has 1 aliphatic heterocycles. The third kappa shape index (κ3) is 1.74. The Kier molecular flexibility index (Phi) is 2.52. The monoisotopic (exact) mass is 286 g/mol. The van der Waals surface area contributed by atoms with Gasteiger partial charge in [0.05, 0.1) is 0 Å². The molecule has 4 bridgehead atoms. The van der Waals surface area contributed by atoms with Gasteiger partial charge in [-0.2, -0.15) is 4.89 Å². The lowest BCUT2D eigenvalue weighted by Gasteiger charge is -2.63. The minimum absolute atomic E-state index is 0.176. The van der Waals surface area contributed by atoms with Gasteiger partial charge < -0.3 is 4.74 Å². The van der Waals surface area contributed by atoms with Crippen molar-refractivity contribution in [1.29, 1.82) is 0 Å². The molecule has 0 radical (unpaired) electrons. The van der Waals surface area contributed by atoms with Crippen molar-refractivity contribution in [2.45, 2.75) is 44.3 Å². The fourth-order valence-electron chi connectivity index (χ4n) is 5.82. The van der Waals surface area contributed by atoms with Crippen LogP contribution in [0.3, 0.4) is 0 Å². The van der Waals surface area contributed by atoms with Crippen molar-refractivity contribution >= 4 is 0 Å². The average Bonchev–Trinajstić information content (AvgIpc) is 2.42. The van der Waals surface area contributed by atoms with Crippen molar-refractivity contribution in [2.75, 3.05) is 6.61 Å². The van der Waals surface area contributed by atoms with Gasteiger partial charge in [-0.05, 0) is 68.4 Å². The first-order valence-electron chi connectivity index (χ1n) is 8.32. The molecule has 5 aliphatic rings. The molecule has 112 valence electrons. The highest BCUT2D eigenvalue weighted by Gasteiger charge is 2.67. The molecule has 0 amide bonds. The fourth-order valence-corrected chi connectivity index (χ4v) is 5.82. The van der Waals surface area contributed by atoms with Crippen LogP contribution in [0, 0.1) is 23.2 Å². The van der Waals surface area contributed by atoms with Crippen LogP contribution in [-0.4, -0.2) is 12.4 Å². The van der Waals surface area contributed by atoms with Gasteiger partial charge in [0, 0.05) is 5.41 Å². The van der Waals surface area contributed by atoms with Crippen LogP contribution in [0.1, 0.15) is 38.5 Å². The van der Waals surface area contributed by atoms with Crippen LogP contribution < -0.4 is 4.74 Å². The summed E-state index contributed by atoms with van der Waals surface area (Å²) >= 11 is 0. The molecule has 1 unspecified atom stereocenters. The van der Waals surface area contributed by atoms with E-state index in [4.69, 9.17) is 14.5 Å². The molecule has 4 aliphatic carbocycles. The summed E-state index contributed by atoms with van der Waals surface area (Å²) in [5.74, 6) is 3.02. The Hall–Kier alpha value is -1.06. The molecule has 5 fully saturated rings. The van der Waals surface area contributed by atoms with Gasteiger partial charge in [-0.1, -0.05) is 18.2 Å². The topological polar surface area (TPSA) is 27.7 Å². The summed E-state index contributed by atoms with van der Waals surface area (Å²) in [6.07, 6.45) is 8.07. The Morgan fingerprint density at radius 1 is 0.905 bits per heavy atom. The van der Waals surface area contributed by atoms with E-state index in [0.29, 0.717) is 6.61 Å². The van der Waals surface area contributed by atoms with Crippen molar-refractivity contribution in [3.8, 4) is 5.75 Å². The average molecular weight is 286 g/mol. The zero-order chi connectivity index (χ0) is 13.9. The Morgan fingerprint density at radius 2 is 1.48 bits per heavy atom. The summed E-state index contributed by atoms with van der Waals surface area (Å²) in [5, 5.41) is 0. The number of benzene rings is 1. The Morgan fingerprint density at radius 3 is 1.95 bits per heavy atom. The molecule has 6 rings (SSSR count). The van der Waals surface area contributed by atoms with Gasteiger partial charge in [0.15, 0.2) is 6.61 Å². The highest BCUT2D eigenvalue weighted by atomic mass is 17.3. The molecular formula is C18H22O3. The second-order valence-corrected chi connectivity index (χ2v) is 7.71. The fraction of sp³-hybridized carbons (Fsp3) is 0.667. The zero-order valence-corrected chi connectivity index (χ0v) is 12.3. The second kappa shape index (κ2) is 4.23. The number of ether oxygens (including phenoxy) is 1. The van der Waals surface area contributed by atoms with Crippen molar-refractivity contribution in [3.63, 3.8) is 0 Å². The van der Waals surface area contributed by atoms with E-state index in [2.05, 4.69) is 0 Å². The molecule has 4 saturated carbocycles. The van der Waals surface area contributed by atoms with Gasteiger partial charge in [0.2, 0.25) is 0 Å². The molecule has 1 aromatic rings. The normalized spacial score (nSPS) is 47.1. The van der Waals surface area contributed by atoms with Crippen LogP contribution in [0.25, 0.3) is 0 Å². The molecule has 0 N–H and O–H groups in total. The number of hydrogen-bond acceptors (Lipinski definition) is 3. The third-order valence-electron chi connectivity index (χ3n) is 6.31. The first kappa shape index (κ1) is 12.5. The Labute approximate surface area is 125 Å². The summed E-state index contributed by atoms with van der Waals surface area (Å²) in [6, 6.07) is 10.1. The van der Waals surface area contributed by atoms with E-state index in [9.17, 15) is 0 Å². The quantitative estimate of drug-likeness (QED) is 0.788. The second-order valence-electron chi connectivity index (χ2n) is 7.71. The van der Waals surface area contributed by atoms with E-state index in [1.807, 2.05) is 30.3 Å². The molecule has 21 heavy (non-hydrogen) atoms. The molecule has 0 spiro atoms. The maximum absolute atomic E-state index is 6.38. The van der Waals surface area contributed by atoms with E-state index >= 15 is 0 Å². The minimum atomic E-state index is -0.537. The first-order chi connectivity index (χ1) is 10.3. The van der Waals surface area contributed by atoms with E-state index in [-0.39, 0.29) is 5.41 Å². The smallest absolute Gasteiger partial charge is 0.272 e. The SMILES string of the molecule is c1ccc(OC2(C34CC5CC(CC(C5)C3)C4)COO2)cc1. The summed E-state index contributed by atoms with van der Waals surface area (Å²) in [6.45, 7) is 0.577. The van der Waals surface area contributed by atoms with Crippen molar-refractivity contribution in [2.24, 2.45) is 23.2 Å². The lowest BCUT2D eigenvalue weighted by molar-refractivity contribution is -0.555. The molecule has 1 atom stereocenters.